The van der Waals surface area contributed by atoms with Crippen molar-refractivity contribution in [2.45, 2.75) is 87.4 Å². The Morgan fingerprint density at radius 1 is 1.00 bits per heavy atom. The largest absolute Gasteiger partial charge is 0.435 e. The van der Waals surface area contributed by atoms with Gasteiger partial charge in [-0.2, -0.15) is 35.7 Å². The molecule has 2 fully saturated rings. The molecule has 2 aliphatic rings. The van der Waals surface area contributed by atoms with Crippen molar-refractivity contribution in [3.05, 3.63) is 47.5 Å². The van der Waals surface area contributed by atoms with Crippen LogP contribution in [0.25, 0.3) is 0 Å². The number of hydrogen-bond donors (Lipinski definition) is 1. The lowest BCUT2D eigenvalue weighted by Gasteiger charge is -2.29. The van der Waals surface area contributed by atoms with E-state index in [0.29, 0.717) is 6.42 Å². The minimum Gasteiger partial charge on any atom is -0.350 e. The topological polar surface area (TPSA) is 84.3 Å². The molecule has 1 aromatic heterocycles. The molecule has 1 aromatic carbocycles. The van der Waals surface area contributed by atoms with Crippen LogP contribution in [0, 0.1) is 11.7 Å². The third-order valence-corrected chi connectivity index (χ3v) is 9.39. The average molecular weight is 585 g/mol. The van der Waals surface area contributed by atoms with Gasteiger partial charge in [0.25, 0.3) is 0 Å². The van der Waals surface area contributed by atoms with Gasteiger partial charge in [-0.15, -0.1) is 0 Å². The van der Waals surface area contributed by atoms with Gasteiger partial charge in [0.2, 0.25) is 15.9 Å². The number of amides is 1. The van der Waals surface area contributed by atoms with Crippen molar-refractivity contribution in [3.8, 4) is 0 Å². The Kier molecular flexibility index (Phi) is 8.05. The van der Waals surface area contributed by atoms with E-state index >= 15 is 0 Å². The zero-order chi connectivity index (χ0) is 28.8. The number of halogens is 7. The molecule has 1 aliphatic carbocycles. The van der Waals surface area contributed by atoms with E-state index in [4.69, 9.17) is 0 Å². The minimum absolute atomic E-state index is 0.00508. The van der Waals surface area contributed by atoms with Crippen LogP contribution in [0.1, 0.15) is 62.7 Å². The number of nitrogens with one attached hydrogen (secondary N) is 1. The standard InChI is InChI=1S/C24H27F7N4O3S/c1-14-2-11-20(35(14)39(37,38)19-9-5-17(25)6-10-19)22(36)32-12-15-13-34(33-21(15)24(29,30)31)18-7-3-16(4-8-18)23(26,27)28/h5-6,9-10,13-14,16,18,20H,2-4,7-8,11-12H2,1H3,(H,32,36)/t14-,16-,18-,20-/m0/s1. The maximum Gasteiger partial charge on any atom is 0.435 e. The number of benzene rings is 1. The lowest BCUT2D eigenvalue weighted by molar-refractivity contribution is -0.183. The molecule has 2 aromatic rings. The fraction of sp³-hybridized carbons (Fsp3) is 0.583. The first kappa shape index (κ1) is 29.3. The van der Waals surface area contributed by atoms with E-state index in [0.717, 1.165) is 39.4 Å². The molecule has 15 heteroatoms. The lowest BCUT2D eigenvalue weighted by Crippen LogP contribution is -2.48. The van der Waals surface area contributed by atoms with Crippen LogP contribution in [0.5, 0.6) is 0 Å². The summed E-state index contributed by atoms with van der Waals surface area (Å²) >= 11 is 0. The van der Waals surface area contributed by atoms with Gasteiger partial charge in [0, 0.05) is 24.3 Å². The molecule has 1 amide bonds. The SMILES string of the molecule is C[C@H]1CC[C@@H](C(=O)NCc2cn([C@H]3CC[C@H](C(F)(F)F)CC3)nc2C(F)(F)F)N1S(=O)(=O)c1ccc(F)cc1. The van der Waals surface area contributed by atoms with Crippen molar-refractivity contribution >= 4 is 15.9 Å². The van der Waals surface area contributed by atoms with Gasteiger partial charge >= 0.3 is 12.4 Å². The summed E-state index contributed by atoms with van der Waals surface area (Å²) in [6, 6.07) is 1.63. The first-order chi connectivity index (χ1) is 18.1. The highest BCUT2D eigenvalue weighted by Gasteiger charge is 2.45. The van der Waals surface area contributed by atoms with Crippen molar-refractivity contribution in [1.29, 1.82) is 0 Å². The van der Waals surface area contributed by atoms with Crippen LogP contribution in [0.15, 0.2) is 35.4 Å². The quantitative estimate of drug-likeness (QED) is 0.474. The molecular formula is C24H27F7N4O3S. The Morgan fingerprint density at radius 3 is 2.18 bits per heavy atom. The van der Waals surface area contributed by atoms with E-state index in [1.54, 1.807) is 6.92 Å². The summed E-state index contributed by atoms with van der Waals surface area (Å²) in [7, 11) is -4.21. The van der Waals surface area contributed by atoms with Gasteiger partial charge < -0.3 is 5.32 Å². The number of hydrogen-bond acceptors (Lipinski definition) is 4. The second kappa shape index (κ2) is 10.7. The van der Waals surface area contributed by atoms with Crippen molar-refractivity contribution in [1.82, 2.24) is 19.4 Å². The van der Waals surface area contributed by atoms with Crippen molar-refractivity contribution in [2.75, 3.05) is 0 Å². The Labute approximate surface area is 220 Å². The van der Waals surface area contributed by atoms with E-state index in [1.807, 2.05) is 0 Å². The van der Waals surface area contributed by atoms with E-state index in [1.165, 1.54) is 0 Å². The number of sulfonamides is 1. The van der Waals surface area contributed by atoms with Crippen molar-refractivity contribution in [2.24, 2.45) is 5.92 Å². The van der Waals surface area contributed by atoms with E-state index in [9.17, 15) is 43.9 Å². The highest BCUT2D eigenvalue weighted by molar-refractivity contribution is 7.89. The van der Waals surface area contributed by atoms with E-state index in [-0.39, 0.29) is 42.6 Å². The number of nitrogens with zero attached hydrogens (tertiary/aromatic N) is 3. The summed E-state index contributed by atoms with van der Waals surface area (Å²) in [5.41, 5.74) is -1.65. The van der Waals surface area contributed by atoms with Gasteiger partial charge in [0.1, 0.15) is 11.9 Å². The normalized spacial score (nSPS) is 25.1. The molecule has 0 bridgehead atoms. The van der Waals surface area contributed by atoms with Gasteiger partial charge in [0.05, 0.1) is 16.9 Å². The van der Waals surface area contributed by atoms with Gasteiger partial charge in [-0.3, -0.25) is 9.48 Å². The second-order valence-corrected chi connectivity index (χ2v) is 11.8. The predicted octanol–water partition coefficient (Wildman–Crippen LogP) is 5.19. The molecule has 1 aliphatic heterocycles. The highest BCUT2D eigenvalue weighted by Crippen LogP contribution is 2.42. The molecule has 39 heavy (non-hydrogen) atoms. The van der Waals surface area contributed by atoms with Gasteiger partial charge in [-0.1, -0.05) is 0 Å². The summed E-state index contributed by atoms with van der Waals surface area (Å²) in [5.74, 6) is -2.96. The molecule has 0 spiro atoms. The third-order valence-electron chi connectivity index (χ3n) is 7.35. The number of carbonyl (C=O) groups is 1. The summed E-state index contributed by atoms with van der Waals surface area (Å²) in [5, 5.41) is 5.98. The monoisotopic (exact) mass is 584 g/mol. The van der Waals surface area contributed by atoms with Crippen molar-refractivity contribution in [3.63, 3.8) is 0 Å². The highest BCUT2D eigenvalue weighted by atomic mass is 32.2. The van der Waals surface area contributed by atoms with Crippen LogP contribution in [0.4, 0.5) is 30.7 Å². The minimum atomic E-state index is -4.88. The average Bonchev–Trinajstić information content (AvgIpc) is 3.47. The third kappa shape index (κ3) is 6.23. The fourth-order valence-corrected chi connectivity index (χ4v) is 7.13. The Morgan fingerprint density at radius 2 is 1.62 bits per heavy atom. The zero-order valence-electron chi connectivity index (χ0n) is 20.8. The molecule has 216 valence electrons. The molecule has 1 saturated heterocycles. The Hall–Kier alpha value is -2.68. The summed E-state index contributed by atoms with van der Waals surface area (Å²) in [6.07, 6.45) is -8.15. The van der Waals surface area contributed by atoms with Gasteiger partial charge in [0.15, 0.2) is 5.69 Å². The zero-order valence-corrected chi connectivity index (χ0v) is 21.6. The second-order valence-electron chi connectivity index (χ2n) is 9.98. The first-order valence-electron chi connectivity index (χ1n) is 12.4. The summed E-state index contributed by atoms with van der Waals surface area (Å²) in [4.78, 5) is 12.8. The fourth-order valence-electron chi connectivity index (χ4n) is 5.29. The molecule has 2 atom stereocenters. The van der Waals surface area contributed by atoms with Gasteiger partial charge in [-0.05, 0) is 69.7 Å². The molecule has 7 nitrogen and oxygen atoms in total. The van der Waals surface area contributed by atoms with E-state index in [2.05, 4.69) is 10.4 Å². The molecule has 4 rings (SSSR count). The smallest absolute Gasteiger partial charge is 0.350 e. The molecule has 2 heterocycles. The first-order valence-corrected chi connectivity index (χ1v) is 13.8. The maximum absolute atomic E-state index is 13.7. The van der Waals surface area contributed by atoms with E-state index < -0.39 is 70.4 Å². The lowest BCUT2D eigenvalue weighted by atomic mass is 9.86. The number of rotatable bonds is 6. The molecular weight excluding hydrogens is 557 g/mol. The van der Waals surface area contributed by atoms with Crippen LogP contribution in [-0.2, 0) is 27.5 Å². The molecule has 1 N–H and O–H groups in total. The Balaban J connectivity index is 1.49. The maximum atomic E-state index is 13.7. The number of aromatic nitrogens is 2. The molecule has 0 radical (unpaired) electrons. The van der Waals surface area contributed by atoms with Crippen LogP contribution in [0.2, 0.25) is 0 Å². The summed E-state index contributed by atoms with van der Waals surface area (Å²) < 4.78 is 122. The Bertz CT molecular complexity index is 1280. The predicted molar refractivity (Wildman–Crippen MR) is 124 cm³/mol. The summed E-state index contributed by atoms with van der Waals surface area (Å²) in [6.45, 7) is 0.981. The van der Waals surface area contributed by atoms with Crippen LogP contribution in [0.3, 0.4) is 0 Å². The molecule has 1 saturated carbocycles. The molecule has 0 unspecified atom stereocenters. The van der Waals surface area contributed by atoms with Gasteiger partial charge in [-0.25, -0.2) is 12.8 Å². The number of carbonyl (C=O) groups excluding carboxylic acids is 1. The van der Waals surface area contributed by atoms with Crippen LogP contribution < -0.4 is 5.32 Å². The van der Waals surface area contributed by atoms with Crippen molar-refractivity contribution < 1.29 is 43.9 Å². The van der Waals surface area contributed by atoms with Crippen LogP contribution >= 0.6 is 0 Å². The van der Waals surface area contributed by atoms with Crippen LogP contribution in [-0.4, -0.2) is 46.7 Å². The number of alkyl halides is 6.